The molecule has 1 aromatic rings. The average Bonchev–Trinajstić information content (AvgIpc) is 2.26. The highest BCUT2D eigenvalue weighted by Gasteiger charge is 2.05. The Morgan fingerprint density at radius 2 is 2.13 bits per heavy atom. The number of carbonyl (C=O) groups excluding carboxylic acids is 1. The van der Waals surface area contributed by atoms with Crippen LogP contribution in [0.4, 0.5) is 0 Å². The molecule has 0 bridgehead atoms. The van der Waals surface area contributed by atoms with E-state index in [9.17, 15) is 4.79 Å². The quantitative estimate of drug-likeness (QED) is 0.740. The maximum absolute atomic E-state index is 11.2. The molecule has 0 saturated carbocycles. The molecular formula is C13H18O2. The topological polar surface area (TPSA) is 26.3 Å². The number of Topliss-reactive ketones (excluding diaryl/α,β-unsaturated/α-hetero) is 1. The predicted octanol–water partition coefficient (Wildman–Crippen LogP) is 2.92. The average molecular weight is 206 g/mol. The summed E-state index contributed by atoms with van der Waals surface area (Å²) in [6, 6.07) is 6.06. The van der Waals surface area contributed by atoms with Crippen LogP contribution < -0.4 is 4.74 Å². The summed E-state index contributed by atoms with van der Waals surface area (Å²) in [6.45, 7) is 3.94. The van der Waals surface area contributed by atoms with Crippen LogP contribution in [0.25, 0.3) is 0 Å². The van der Waals surface area contributed by atoms with Gasteiger partial charge in [0.1, 0.15) is 11.5 Å². The molecule has 15 heavy (non-hydrogen) atoms. The molecule has 82 valence electrons. The molecule has 0 N–H and O–H groups in total. The molecule has 2 nitrogen and oxygen atoms in total. The number of ether oxygens (including phenoxy) is 1. The number of carbonyl (C=O) groups is 1. The van der Waals surface area contributed by atoms with Gasteiger partial charge in [-0.2, -0.15) is 0 Å². The third kappa shape index (κ3) is 3.39. The highest BCUT2D eigenvalue weighted by atomic mass is 16.5. The van der Waals surface area contributed by atoms with Gasteiger partial charge in [-0.05, 0) is 25.0 Å². The van der Waals surface area contributed by atoms with E-state index in [0.29, 0.717) is 18.6 Å². The molecule has 0 heterocycles. The number of ketones is 1. The third-order valence-corrected chi connectivity index (χ3v) is 2.50. The summed E-state index contributed by atoms with van der Waals surface area (Å²) >= 11 is 0. The van der Waals surface area contributed by atoms with Crippen molar-refractivity contribution in [1.82, 2.24) is 0 Å². The molecule has 1 aromatic carbocycles. The molecule has 0 atom stereocenters. The summed E-state index contributed by atoms with van der Waals surface area (Å²) in [5, 5.41) is 0. The SMILES string of the molecule is CCC(=O)CCc1cc(C)ccc1OC. The van der Waals surface area contributed by atoms with E-state index in [1.165, 1.54) is 5.56 Å². The highest BCUT2D eigenvalue weighted by molar-refractivity contribution is 5.78. The predicted molar refractivity (Wildman–Crippen MR) is 61.4 cm³/mol. The van der Waals surface area contributed by atoms with E-state index >= 15 is 0 Å². The van der Waals surface area contributed by atoms with Gasteiger partial charge < -0.3 is 4.74 Å². The van der Waals surface area contributed by atoms with Crippen LogP contribution in [0.1, 0.15) is 30.9 Å². The summed E-state index contributed by atoms with van der Waals surface area (Å²) in [4.78, 5) is 11.2. The molecule has 0 aliphatic rings. The van der Waals surface area contributed by atoms with E-state index in [1.54, 1.807) is 7.11 Å². The van der Waals surface area contributed by atoms with Gasteiger partial charge >= 0.3 is 0 Å². The molecule has 1 rings (SSSR count). The lowest BCUT2D eigenvalue weighted by atomic mass is 10.0. The van der Waals surface area contributed by atoms with Gasteiger partial charge in [0.05, 0.1) is 7.11 Å². The standard InChI is InChI=1S/C13H18O2/c1-4-12(14)7-6-11-9-10(2)5-8-13(11)15-3/h5,8-9H,4,6-7H2,1-3H3. The fraction of sp³-hybridized carbons (Fsp3) is 0.462. The lowest BCUT2D eigenvalue weighted by molar-refractivity contribution is -0.118. The largest absolute Gasteiger partial charge is 0.496 e. The minimum absolute atomic E-state index is 0.304. The normalized spacial score (nSPS) is 10.1. The van der Waals surface area contributed by atoms with Crippen molar-refractivity contribution in [2.45, 2.75) is 33.1 Å². The molecular weight excluding hydrogens is 188 g/mol. The maximum Gasteiger partial charge on any atom is 0.132 e. The van der Waals surface area contributed by atoms with Gasteiger partial charge in [0, 0.05) is 12.8 Å². The Kier molecular flexibility index (Phi) is 4.35. The molecule has 0 amide bonds. The number of benzene rings is 1. The van der Waals surface area contributed by atoms with Crippen LogP contribution in [0, 0.1) is 6.92 Å². The Balaban J connectivity index is 2.74. The summed E-state index contributed by atoms with van der Waals surface area (Å²) in [6.07, 6.45) is 2.00. The van der Waals surface area contributed by atoms with Crippen molar-refractivity contribution in [3.63, 3.8) is 0 Å². The molecule has 0 fully saturated rings. The summed E-state index contributed by atoms with van der Waals surface area (Å²) in [5.41, 5.74) is 2.33. The number of methoxy groups -OCH3 is 1. The van der Waals surface area contributed by atoms with Crippen molar-refractivity contribution >= 4 is 5.78 Å². The molecule has 2 heteroatoms. The van der Waals surface area contributed by atoms with Crippen LogP contribution in [0.2, 0.25) is 0 Å². The van der Waals surface area contributed by atoms with E-state index in [2.05, 4.69) is 6.07 Å². The zero-order valence-electron chi connectivity index (χ0n) is 9.67. The number of hydrogen-bond donors (Lipinski definition) is 0. The molecule has 0 radical (unpaired) electrons. The van der Waals surface area contributed by atoms with Crippen LogP contribution in [-0.2, 0) is 11.2 Å². The second-order valence-electron chi connectivity index (χ2n) is 3.71. The van der Waals surface area contributed by atoms with Crippen LogP contribution >= 0.6 is 0 Å². The summed E-state index contributed by atoms with van der Waals surface area (Å²) in [5.74, 6) is 1.18. The minimum atomic E-state index is 0.304. The number of hydrogen-bond acceptors (Lipinski definition) is 2. The monoisotopic (exact) mass is 206 g/mol. The van der Waals surface area contributed by atoms with Crippen LogP contribution in [0.5, 0.6) is 5.75 Å². The van der Waals surface area contributed by atoms with Gasteiger partial charge in [-0.25, -0.2) is 0 Å². The van der Waals surface area contributed by atoms with E-state index in [1.807, 2.05) is 26.0 Å². The second-order valence-corrected chi connectivity index (χ2v) is 3.71. The smallest absolute Gasteiger partial charge is 0.132 e. The Morgan fingerprint density at radius 3 is 2.73 bits per heavy atom. The van der Waals surface area contributed by atoms with Gasteiger partial charge in [-0.15, -0.1) is 0 Å². The fourth-order valence-corrected chi connectivity index (χ4v) is 1.55. The molecule has 0 aliphatic heterocycles. The Hall–Kier alpha value is -1.31. The summed E-state index contributed by atoms with van der Waals surface area (Å²) < 4.78 is 5.25. The number of rotatable bonds is 5. The Morgan fingerprint density at radius 1 is 1.40 bits per heavy atom. The zero-order valence-corrected chi connectivity index (χ0v) is 9.67. The second kappa shape index (κ2) is 5.54. The number of aryl methyl sites for hydroxylation is 2. The van der Waals surface area contributed by atoms with Crippen molar-refractivity contribution in [2.24, 2.45) is 0 Å². The fourth-order valence-electron chi connectivity index (χ4n) is 1.55. The van der Waals surface area contributed by atoms with Crippen molar-refractivity contribution in [3.8, 4) is 5.75 Å². The van der Waals surface area contributed by atoms with Gasteiger partial charge in [0.2, 0.25) is 0 Å². The Bertz CT molecular complexity index is 342. The lowest BCUT2D eigenvalue weighted by Crippen LogP contribution is -2.00. The van der Waals surface area contributed by atoms with Crippen molar-refractivity contribution in [3.05, 3.63) is 29.3 Å². The van der Waals surface area contributed by atoms with E-state index in [-0.39, 0.29) is 0 Å². The zero-order chi connectivity index (χ0) is 11.3. The molecule has 0 saturated heterocycles. The van der Waals surface area contributed by atoms with Gasteiger partial charge in [-0.3, -0.25) is 4.79 Å². The molecule has 0 unspecified atom stereocenters. The van der Waals surface area contributed by atoms with Gasteiger partial charge in [0.15, 0.2) is 0 Å². The first-order valence-electron chi connectivity index (χ1n) is 5.32. The highest BCUT2D eigenvalue weighted by Crippen LogP contribution is 2.21. The van der Waals surface area contributed by atoms with Crippen molar-refractivity contribution < 1.29 is 9.53 Å². The maximum atomic E-state index is 11.2. The first-order valence-corrected chi connectivity index (χ1v) is 5.32. The van der Waals surface area contributed by atoms with Gasteiger partial charge in [0.25, 0.3) is 0 Å². The third-order valence-electron chi connectivity index (χ3n) is 2.50. The van der Waals surface area contributed by atoms with Gasteiger partial charge in [-0.1, -0.05) is 24.6 Å². The lowest BCUT2D eigenvalue weighted by Gasteiger charge is -2.08. The molecule has 0 spiro atoms. The summed E-state index contributed by atoms with van der Waals surface area (Å²) in [7, 11) is 1.66. The first-order chi connectivity index (χ1) is 7.17. The Labute approximate surface area is 91.3 Å². The van der Waals surface area contributed by atoms with E-state index < -0.39 is 0 Å². The van der Waals surface area contributed by atoms with Crippen molar-refractivity contribution in [1.29, 1.82) is 0 Å². The van der Waals surface area contributed by atoms with Crippen LogP contribution in [0.15, 0.2) is 18.2 Å². The molecule has 0 aliphatic carbocycles. The van der Waals surface area contributed by atoms with Crippen LogP contribution in [-0.4, -0.2) is 12.9 Å². The van der Waals surface area contributed by atoms with Crippen molar-refractivity contribution in [2.75, 3.05) is 7.11 Å². The van der Waals surface area contributed by atoms with E-state index in [0.717, 1.165) is 17.7 Å². The minimum Gasteiger partial charge on any atom is -0.496 e. The van der Waals surface area contributed by atoms with E-state index in [4.69, 9.17) is 4.74 Å². The molecule has 0 aromatic heterocycles. The first kappa shape index (κ1) is 11.8. The van der Waals surface area contributed by atoms with Crippen LogP contribution in [0.3, 0.4) is 0 Å².